The number of benzene rings is 1. The number of phenols is 1. The topological polar surface area (TPSA) is 49.3 Å². The monoisotopic (exact) mass is 243 g/mol. The molecule has 0 saturated carbocycles. The number of carbonyl (C=O) groups is 1. The van der Waals surface area contributed by atoms with E-state index in [9.17, 15) is 9.90 Å². The van der Waals surface area contributed by atoms with Gasteiger partial charge in [0.1, 0.15) is 5.75 Å². The first-order valence-corrected chi connectivity index (χ1v) is 5.00. The van der Waals surface area contributed by atoms with Gasteiger partial charge in [-0.3, -0.25) is 4.79 Å². The quantitative estimate of drug-likeness (QED) is 0.632. The number of rotatable bonds is 3. The van der Waals surface area contributed by atoms with Crippen molar-refractivity contribution in [3.8, 4) is 5.75 Å². The summed E-state index contributed by atoms with van der Waals surface area (Å²) in [6.45, 7) is 0. The van der Waals surface area contributed by atoms with Gasteiger partial charge in [-0.1, -0.05) is 28.1 Å². The lowest BCUT2D eigenvalue weighted by molar-refractivity contribution is -0.115. The molecule has 13 heavy (non-hydrogen) atoms. The van der Waals surface area contributed by atoms with E-state index in [1.807, 2.05) is 0 Å². The van der Waals surface area contributed by atoms with Crippen molar-refractivity contribution in [2.75, 3.05) is 10.6 Å². The van der Waals surface area contributed by atoms with Gasteiger partial charge < -0.3 is 10.4 Å². The van der Waals surface area contributed by atoms with Gasteiger partial charge in [0, 0.05) is 11.8 Å². The van der Waals surface area contributed by atoms with E-state index in [1.165, 1.54) is 6.07 Å². The number of hydrogen-bond acceptors (Lipinski definition) is 2. The van der Waals surface area contributed by atoms with Gasteiger partial charge in [0.2, 0.25) is 5.91 Å². The lowest BCUT2D eigenvalue weighted by atomic mass is 10.3. The van der Waals surface area contributed by atoms with Crippen molar-refractivity contribution >= 4 is 27.5 Å². The van der Waals surface area contributed by atoms with Gasteiger partial charge in [0.15, 0.2) is 0 Å². The van der Waals surface area contributed by atoms with E-state index in [0.29, 0.717) is 17.4 Å². The number of carbonyl (C=O) groups excluding carboxylic acids is 1. The predicted octanol–water partition coefficient (Wildman–Crippen LogP) is 2.12. The van der Waals surface area contributed by atoms with Gasteiger partial charge in [-0.25, -0.2) is 0 Å². The third kappa shape index (κ3) is 3.06. The highest BCUT2D eigenvalue weighted by atomic mass is 79.9. The third-order valence-electron chi connectivity index (χ3n) is 1.50. The molecule has 0 spiro atoms. The largest absolute Gasteiger partial charge is 0.506 e. The van der Waals surface area contributed by atoms with Crippen LogP contribution in [-0.2, 0) is 4.79 Å². The number of hydrogen-bond donors (Lipinski definition) is 2. The minimum Gasteiger partial charge on any atom is -0.506 e. The molecule has 1 amide bonds. The Bertz CT molecular complexity index is 301. The van der Waals surface area contributed by atoms with Crippen LogP contribution in [0.15, 0.2) is 24.3 Å². The van der Waals surface area contributed by atoms with E-state index in [4.69, 9.17) is 0 Å². The average molecular weight is 244 g/mol. The predicted molar refractivity (Wildman–Crippen MR) is 55.1 cm³/mol. The van der Waals surface area contributed by atoms with E-state index >= 15 is 0 Å². The maximum absolute atomic E-state index is 11.1. The molecule has 0 unspecified atom stereocenters. The van der Waals surface area contributed by atoms with Crippen LogP contribution in [0.4, 0.5) is 5.69 Å². The van der Waals surface area contributed by atoms with Crippen molar-refractivity contribution in [2.45, 2.75) is 6.42 Å². The normalized spacial score (nSPS) is 9.62. The molecule has 2 N–H and O–H groups in total. The van der Waals surface area contributed by atoms with Crippen LogP contribution < -0.4 is 5.32 Å². The Hall–Kier alpha value is -1.03. The number of amides is 1. The standard InChI is InChI=1S/C9H10BrNO2/c10-6-5-9(13)11-7-3-1-2-4-8(7)12/h1-4,12H,5-6H2,(H,11,13). The summed E-state index contributed by atoms with van der Waals surface area (Å²) in [5.74, 6) is -0.0243. The Balaban J connectivity index is 2.63. The molecule has 0 aliphatic carbocycles. The molecule has 0 aromatic heterocycles. The van der Waals surface area contributed by atoms with Crippen molar-refractivity contribution in [3.05, 3.63) is 24.3 Å². The number of para-hydroxylation sites is 2. The van der Waals surface area contributed by atoms with Gasteiger partial charge in [-0.15, -0.1) is 0 Å². The zero-order chi connectivity index (χ0) is 9.68. The minimum atomic E-state index is -0.113. The SMILES string of the molecule is O=C(CCBr)Nc1ccccc1O. The van der Waals surface area contributed by atoms with Crippen LogP contribution in [0.3, 0.4) is 0 Å². The molecule has 0 saturated heterocycles. The molecule has 3 nitrogen and oxygen atoms in total. The highest BCUT2D eigenvalue weighted by Crippen LogP contribution is 2.21. The van der Waals surface area contributed by atoms with Crippen LogP contribution in [0.2, 0.25) is 0 Å². The zero-order valence-corrected chi connectivity index (χ0v) is 8.54. The van der Waals surface area contributed by atoms with Gasteiger partial charge >= 0.3 is 0 Å². The first-order chi connectivity index (χ1) is 6.24. The van der Waals surface area contributed by atoms with Crippen molar-refractivity contribution in [3.63, 3.8) is 0 Å². The Kier molecular flexibility index (Phi) is 3.76. The zero-order valence-electron chi connectivity index (χ0n) is 6.96. The summed E-state index contributed by atoms with van der Waals surface area (Å²) < 4.78 is 0. The first-order valence-electron chi connectivity index (χ1n) is 3.88. The number of phenolic OH excluding ortho intramolecular Hbond substituents is 1. The fourth-order valence-electron chi connectivity index (χ4n) is 0.878. The van der Waals surface area contributed by atoms with Gasteiger partial charge in [-0.05, 0) is 12.1 Å². The van der Waals surface area contributed by atoms with E-state index in [1.54, 1.807) is 18.2 Å². The molecule has 0 atom stereocenters. The van der Waals surface area contributed by atoms with Gasteiger partial charge in [0.25, 0.3) is 0 Å². The number of anilines is 1. The fourth-order valence-corrected chi connectivity index (χ4v) is 1.24. The van der Waals surface area contributed by atoms with Gasteiger partial charge in [0.05, 0.1) is 5.69 Å². The molecule has 0 aliphatic rings. The summed E-state index contributed by atoms with van der Waals surface area (Å²) >= 11 is 3.16. The van der Waals surface area contributed by atoms with E-state index in [-0.39, 0.29) is 11.7 Å². The smallest absolute Gasteiger partial charge is 0.225 e. The van der Waals surface area contributed by atoms with Crippen LogP contribution in [0.5, 0.6) is 5.75 Å². The molecule has 1 aromatic carbocycles. The summed E-state index contributed by atoms with van der Waals surface area (Å²) in [6.07, 6.45) is 0.397. The minimum absolute atomic E-state index is 0.0884. The summed E-state index contributed by atoms with van der Waals surface area (Å²) in [5.41, 5.74) is 0.452. The average Bonchev–Trinajstić information content (AvgIpc) is 2.09. The van der Waals surface area contributed by atoms with E-state index < -0.39 is 0 Å². The third-order valence-corrected chi connectivity index (χ3v) is 1.90. The summed E-state index contributed by atoms with van der Waals surface area (Å²) in [6, 6.07) is 6.64. The van der Waals surface area contributed by atoms with Crippen LogP contribution in [0.1, 0.15) is 6.42 Å². The lowest BCUT2D eigenvalue weighted by Crippen LogP contribution is -2.11. The Labute approximate surface area is 84.9 Å². The second-order valence-corrected chi connectivity index (χ2v) is 3.30. The van der Waals surface area contributed by atoms with Crippen LogP contribution in [0, 0.1) is 0 Å². The summed E-state index contributed by atoms with van der Waals surface area (Å²) in [5, 5.41) is 12.5. The highest BCUT2D eigenvalue weighted by Gasteiger charge is 2.03. The van der Waals surface area contributed by atoms with Crippen molar-refractivity contribution in [2.24, 2.45) is 0 Å². The maximum Gasteiger partial charge on any atom is 0.225 e. The molecule has 0 fully saturated rings. The molecule has 0 bridgehead atoms. The van der Waals surface area contributed by atoms with E-state index in [0.717, 1.165) is 0 Å². The summed E-state index contributed by atoms with van der Waals surface area (Å²) in [4.78, 5) is 11.1. The van der Waals surface area contributed by atoms with Gasteiger partial charge in [-0.2, -0.15) is 0 Å². The molecule has 0 aliphatic heterocycles. The fraction of sp³-hybridized carbons (Fsp3) is 0.222. The number of aromatic hydroxyl groups is 1. The maximum atomic E-state index is 11.1. The molecule has 0 heterocycles. The number of halogens is 1. The van der Waals surface area contributed by atoms with Crippen LogP contribution >= 0.6 is 15.9 Å². The van der Waals surface area contributed by atoms with Crippen LogP contribution in [0.25, 0.3) is 0 Å². The first kappa shape index (κ1) is 10.1. The summed E-state index contributed by atoms with van der Waals surface area (Å²) in [7, 11) is 0. The molecule has 4 heteroatoms. The van der Waals surface area contributed by atoms with Crippen LogP contribution in [-0.4, -0.2) is 16.3 Å². The molecule has 1 aromatic rings. The molecular weight excluding hydrogens is 234 g/mol. The molecule has 70 valence electrons. The number of alkyl halides is 1. The van der Waals surface area contributed by atoms with Crippen molar-refractivity contribution in [1.29, 1.82) is 0 Å². The Morgan fingerprint density at radius 3 is 2.77 bits per heavy atom. The van der Waals surface area contributed by atoms with E-state index in [2.05, 4.69) is 21.2 Å². The Morgan fingerprint density at radius 2 is 2.15 bits per heavy atom. The second kappa shape index (κ2) is 4.87. The molecular formula is C9H10BrNO2. The lowest BCUT2D eigenvalue weighted by Gasteiger charge is -2.05. The molecule has 1 rings (SSSR count). The van der Waals surface area contributed by atoms with Crippen molar-refractivity contribution in [1.82, 2.24) is 0 Å². The number of nitrogens with one attached hydrogen (secondary N) is 1. The Morgan fingerprint density at radius 1 is 1.46 bits per heavy atom. The highest BCUT2D eigenvalue weighted by molar-refractivity contribution is 9.09. The second-order valence-electron chi connectivity index (χ2n) is 2.50. The van der Waals surface area contributed by atoms with Crippen molar-refractivity contribution < 1.29 is 9.90 Å². The molecule has 0 radical (unpaired) electrons.